The van der Waals surface area contributed by atoms with E-state index < -0.39 is 23.5 Å². The van der Waals surface area contributed by atoms with Crippen LogP contribution in [0.3, 0.4) is 0 Å². The van der Waals surface area contributed by atoms with E-state index in [1.54, 1.807) is 7.11 Å². The summed E-state index contributed by atoms with van der Waals surface area (Å²) in [5.41, 5.74) is 12.7. The van der Waals surface area contributed by atoms with E-state index >= 15 is 0 Å². The maximum atomic E-state index is 12.5. The van der Waals surface area contributed by atoms with Crippen molar-refractivity contribution in [3.05, 3.63) is 81.9 Å². The minimum absolute atomic E-state index is 0.110. The Labute approximate surface area is 341 Å². The molecule has 14 nitrogen and oxygen atoms in total. The molecule has 3 fully saturated rings. The van der Waals surface area contributed by atoms with Crippen molar-refractivity contribution in [3.63, 3.8) is 0 Å². The molecule has 1 aromatic heterocycles. The molecule has 6 heterocycles. The molecule has 1 spiro atoms. The highest BCUT2D eigenvalue weighted by Crippen LogP contribution is 2.64. The fourth-order valence-electron chi connectivity index (χ4n) is 11.4. The topological polar surface area (TPSA) is 188 Å². The Morgan fingerprint density at radius 1 is 1.07 bits per heavy atom. The number of hydrogen-bond acceptors (Lipinski definition) is 10. The fourth-order valence-corrected chi connectivity index (χ4v) is 11.4. The van der Waals surface area contributed by atoms with Crippen molar-refractivity contribution in [2.24, 2.45) is 16.4 Å². The van der Waals surface area contributed by atoms with Gasteiger partial charge in [-0.1, -0.05) is 57.2 Å². The standard InChI is InChI=1S/C21H28N2O3.C19H24N2O3.C2H3N3O.C2H6/c1-4-20-8-5-10-23-11-9-21(19(20)23)14-7-6-13(26-3)12-15(14)22(2)17(21)16(24)18(20)25;1-24-19(23)16-9-12-8-13(22)11-21(10-12)7-6-15-14-4-2-3-5-17(14)20-18(15)16;1-2(6)4-5-3;1-2/h5-8,12,16-19,24-25H,4,9-11H2,1-3H3;2-5,12-13,16,20,22H,6-11H2,1H3;1H3;1-2H3/t16?,17?,18?,19?,20-,21?;12?,13?,16-;;/m01../s1. The Bertz CT molecular complexity index is 2030. The highest BCUT2D eigenvalue weighted by Gasteiger charge is 2.72. The normalized spacial score (nSPS) is 32.6. The molecule has 1 aliphatic carbocycles. The van der Waals surface area contributed by atoms with Gasteiger partial charge in [0.1, 0.15) is 11.9 Å². The number of azide groups is 1. The van der Waals surface area contributed by atoms with Gasteiger partial charge in [0.15, 0.2) is 0 Å². The van der Waals surface area contributed by atoms with Crippen LogP contribution in [0.25, 0.3) is 21.3 Å². The number of piperidine rings is 1. The van der Waals surface area contributed by atoms with Gasteiger partial charge in [0, 0.05) is 90.3 Å². The SMILES string of the molecule is CC.CC(=O)N=[N+]=[N-].CC[C@]12C=CCN3CCC4(c5ccc(OC)cc5N(C)C4C(O)C1O)C32.COC(=O)[C@@H]1CC2CC(O)CN(CCc3c1[nH]c1ccccc31)C2. The maximum Gasteiger partial charge on any atom is 0.314 e. The predicted octanol–water partition coefficient (Wildman–Crippen LogP) is 5.45. The lowest BCUT2D eigenvalue weighted by Gasteiger charge is -2.60. The fraction of sp³-hybridized carbons (Fsp3) is 0.591. The summed E-state index contributed by atoms with van der Waals surface area (Å²) in [5.74, 6) is 0.178. The molecule has 5 aliphatic heterocycles. The molecular weight excluding hydrogens is 739 g/mol. The van der Waals surface area contributed by atoms with Crippen molar-refractivity contribution in [2.75, 3.05) is 58.9 Å². The number of rotatable bonds is 3. The molecule has 1 saturated carbocycles. The molecule has 9 rings (SSSR count). The Kier molecular flexibility index (Phi) is 13.3. The molecule has 3 aromatic rings. The average Bonchev–Trinajstić information content (AvgIpc) is 3.89. The second-order valence-corrected chi connectivity index (χ2v) is 16.3. The monoisotopic (exact) mass is 799 g/mol. The highest BCUT2D eigenvalue weighted by atomic mass is 16.5. The van der Waals surface area contributed by atoms with Gasteiger partial charge >= 0.3 is 5.97 Å². The zero-order valence-electron chi connectivity index (χ0n) is 35.0. The minimum Gasteiger partial charge on any atom is -0.497 e. The zero-order chi connectivity index (χ0) is 41.9. The summed E-state index contributed by atoms with van der Waals surface area (Å²) in [7, 11) is 5.19. The number of benzene rings is 2. The number of aliphatic hydroxyl groups is 3. The van der Waals surface area contributed by atoms with E-state index in [9.17, 15) is 24.9 Å². The number of methoxy groups -OCH3 is 2. The summed E-state index contributed by atoms with van der Waals surface area (Å²) in [6, 6.07) is 14.6. The lowest BCUT2D eigenvalue weighted by Crippen LogP contribution is -2.73. The third-order valence-electron chi connectivity index (χ3n) is 13.5. The van der Waals surface area contributed by atoms with Gasteiger partial charge in [0.05, 0.1) is 38.4 Å². The number of hydrogen-bond donors (Lipinski definition) is 4. The second kappa shape index (κ2) is 17.8. The number of esters is 1. The van der Waals surface area contributed by atoms with Crippen LogP contribution in [0, 0.1) is 11.3 Å². The molecule has 6 aliphatic rings. The molecule has 4 N–H and O–H groups in total. The average molecular weight is 800 g/mol. The molecule has 1 amide bonds. The molecule has 14 heteroatoms. The number of para-hydroxylation sites is 1. The van der Waals surface area contributed by atoms with Crippen LogP contribution in [-0.2, 0) is 26.2 Å². The molecule has 314 valence electrons. The van der Waals surface area contributed by atoms with E-state index in [1.165, 1.54) is 30.5 Å². The van der Waals surface area contributed by atoms with E-state index in [1.807, 2.05) is 39.1 Å². The molecule has 10 atom stereocenters. The van der Waals surface area contributed by atoms with Crippen LogP contribution in [0.4, 0.5) is 5.69 Å². The van der Waals surface area contributed by atoms with E-state index in [0.29, 0.717) is 5.92 Å². The Morgan fingerprint density at radius 2 is 1.83 bits per heavy atom. The Balaban J connectivity index is 0.000000166. The number of carbonyl (C=O) groups excluding carboxylic acids is 2. The van der Waals surface area contributed by atoms with Crippen LogP contribution in [-0.4, -0.2) is 126 Å². The number of H-pyrrole nitrogens is 1. The van der Waals surface area contributed by atoms with Gasteiger partial charge in [-0.25, -0.2) is 0 Å². The lowest BCUT2D eigenvalue weighted by atomic mass is 9.51. The number of ether oxygens (including phenoxy) is 2. The third-order valence-corrected chi connectivity index (χ3v) is 13.5. The summed E-state index contributed by atoms with van der Waals surface area (Å²) < 4.78 is 10.6. The van der Waals surface area contributed by atoms with Gasteiger partial charge in [-0.05, 0) is 78.5 Å². The van der Waals surface area contributed by atoms with E-state index in [4.69, 9.17) is 15.0 Å². The van der Waals surface area contributed by atoms with Crippen molar-refractivity contribution in [1.29, 1.82) is 0 Å². The molecule has 2 saturated heterocycles. The number of likely N-dealkylation sites (N-methyl/N-ethyl adjacent to an activating group) is 1. The number of fused-ring (bicyclic) bond motifs is 6. The second-order valence-electron chi connectivity index (χ2n) is 16.3. The third kappa shape index (κ3) is 7.39. The number of anilines is 1. The molecule has 2 aromatic carbocycles. The molecule has 0 radical (unpaired) electrons. The van der Waals surface area contributed by atoms with Gasteiger partial charge in [-0.2, -0.15) is 0 Å². The predicted molar refractivity (Wildman–Crippen MR) is 224 cm³/mol. The molecular formula is C44H61N7O7. The summed E-state index contributed by atoms with van der Waals surface area (Å²) in [5, 5.41) is 36.6. The first kappa shape index (κ1) is 43.2. The summed E-state index contributed by atoms with van der Waals surface area (Å²) in [6.45, 7) is 11.9. The molecule has 2 bridgehead atoms. The number of aromatic amines is 1. The van der Waals surface area contributed by atoms with Gasteiger partial charge in [0.2, 0.25) is 5.91 Å². The van der Waals surface area contributed by atoms with E-state index in [2.05, 4.69) is 73.1 Å². The number of aliphatic hydroxyl groups excluding tert-OH is 3. The Morgan fingerprint density at radius 3 is 2.50 bits per heavy atom. The van der Waals surface area contributed by atoms with Crippen molar-refractivity contribution >= 4 is 28.5 Å². The Hall–Kier alpha value is -4.43. The number of nitrogens with zero attached hydrogens (tertiary/aromatic N) is 6. The first-order valence-electron chi connectivity index (χ1n) is 20.8. The van der Waals surface area contributed by atoms with Crippen molar-refractivity contribution in [1.82, 2.24) is 14.8 Å². The summed E-state index contributed by atoms with van der Waals surface area (Å²) >= 11 is 0. The first-order chi connectivity index (χ1) is 27.9. The molecule has 8 unspecified atom stereocenters. The van der Waals surface area contributed by atoms with E-state index in [0.717, 1.165) is 87.5 Å². The number of amides is 1. The highest BCUT2D eigenvalue weighted by molar-refractivity contribution is 5.88. The maximum absolute atomic E-state index is 12.5. The van der Waals surface area contributed by atoms with Gasteiger partial charge in [0.25, 0.3) is 0 Å². The van der Waals surface area contributed by atoms with Crippen LogP contribution >= 0.6 is 0 Å². The first-order valence-corrected chi connectivity index (χ1v) is 20.8. The van der Waals surface area contributed by atoms with Gasteiger partial charge in [-0.15, -0.1) is 0 Å². The van der Waals surface area contributed by atoms with Gasteiger partial charge < -0.3 is 39.6 Å². The zero-order valence-corrected chi connectivity index (χ0v) is 35.0. The smallest absolute Gasteiger partial charge is 0.314 e. The van der Waals surface area contributed by atoms with Crippen LogP contribution in [0.15, 0.2) is 59.7 Å². The van der Waals surface area contributed by atoms with Crippen LogP contribution in [0.5, 0.6) is 5.75 Å². The van der Waals surface area contributed by atoms with Crippen LogP contribution in [0.2, 0.25) is 0 Å². The van der Waals surface area contributed by atoms with Crippen molar-refractivity contribution < 1.29 is 34.4 Å². The molecule has 58 heavy (non-hydrogen) atoms. The largest absolute Gasteiger partial charge is 0.497 e. The number of aromatic nitrogens is 1. The van der Waals surface area contributed by atoms with Crippen molar-refractivity contribution in [3.8, 4) is 5.75 Å². The lowest BCUT2D eigenvalue weighted by molar-refractivity contribution is -0.143. The minimum atomic E-state index is -0.780. The quantitative estimate of drug-likeness (QED) is 0.0873. The van der Waals surface area contributed by atoms with E-state index in [-0.39, 0.29) is 35.5 Å². The summed E-state index contributed by atoms with van der Waals surface area (Å²) in [4.78, 5) is 34.9. The van der Waals surface area contributed by atoms with Crippen LogP contribution in [0.1, 0.15) is 76.1 Å². The van der Waals surface area contributed by atoms with Crippen LogP contribution < -0.4 is 9.64 Å². The van der Waals surface area contributed by atoms with Gasteiger partial charge in [-0.3, -0.25) is 14.5 Å². The number of carbonyl (C=O) groups is 2. The number of nitrogens with one attached hydrogen (secondary N) is 1. The van der Waals surface area contributed by atoms with Crippen molar-refractivity contribution in [2.45, 2.75) is 102 Å². The summed E-state index contributed by atoms with van der Waals surface area (Å²) in [6.07, 6.45) is 6.76.